The van der Waals surface area contributed by atoms with E-state index in [4.69, 9.17) is 23.7 Å². The monoisotopic (exact) mass is 428 g/mol. The van der Waals surface area contributed by atoms with Gasteiger partial charge in [0, 0.05) is 34.4 Å². The van der Waals surface area contributed by atoms with Crippen molar-refractivity contribution >= 4 is 0 Å². The zero-order valence-electron chi connectivity index (χ0n) is 18.7. The Kier molecular flexibility index (Phi) is 7.51. The molecule has 0 atom stereocenters. The first-order valence-electron chi connectivity index (χ1n) is 9.78. The standard InChI is InChI=1S/C27H24O5/c1-28-23-13-8-19(9-14-23)6-11-21-17-26(31-4)27(32-5)18-22(21)12-7-20-10-15-24(29-2)25(16-20)30-3/h8-10,13-18H,1-5H3. The number of rotatable bonds is 5. The van der Waals surface area contributed by atoms with E-state index >= 15 is 0 Å². The Labute approximate surface area is 188 Å². The molecule has 0 aromatic heterocycles. The lowest BCUT2D eigenvalue weighted by Crippen LogP contribution is -1.94. The zero-order chi connectivity index (χ0) is 22.9. The summed E-state index contributed by atoms with van der Waals surface area (Å²) in [4.78, 5) is 0. The van der Waals surface area contributed by atoms with Crippen LogP contribution in [0.3, 0.4) is 0 Å². The average molecular weight is 428 g/mol. The van der Waals surface area contributed by atoms with E-state index in [9.17, 15) is 0 Å². The molecular weight excluding hydrogens is 404 g/mol. The molecule has 0 radical (unpaired) electrons. The van der Waals surface area contributed by atoms with Gasteiger partial charge in [0.05, 0.1) is 35.5 Å². The van der Waals surface area contributed by atoms with E-state index in [0.717, 1.165) is 28.0 Å². The zero-order valence-corrected chi connectivity index (χ0v) is 18.7. The maximum absolute atomic E-state index is 5.45. The van der Waals surface area contributed by atoms with Crippen molar-refractivity contribution in [2.45, 2.75) is 0 Å². The maximum atomic E-state index is 5.45. The molecule has 0 aliphatic heterocycles. The predicted octanol–water partition coefficient (Wildman–Crippen LogP) is 4.53. The van der Waals surface area contributed by atoms with Gasteiger partial charge in [-0.3, -0.25) is 0 Å². The molecule has 0 spiro atoms. The molecule has 0 heterocycles. The van der Waals surface area contributed by atoms with Crippen LogP contribution in [0.15, 0.2) is 54.6 Å². The third-order valence-corrected chi connectivity index (χ3v) is 4.68. The van der Waals surface area contributed by atoms with E-state index in [0.29, 0.717) is 23.0 Å². The first-order chi connectivity index (χ1) is 15.6. The molecule has 32 heavy (non-hydrogen) atoms. The molecule has 0 saturated heterocycles. The minimum absolute atomic E-state index is 0.583. The molecule has 3 aromatic carbocycles. The third kappa shape index (κ3) is 5.28. The second kappa shape index (κ2) is 10.7. The number of hydrogen-bond acceptors (Lipinski definition) is 5. The Bertz CT molecular complexity index is 1210. The summed E-state index contributed by atoms with van der Waals surface area (Å²) in [5.41, 5.74) is 3.09. The minimum Gasteiger partial charge on any atom is -0.497 e. The molecule has 0 aliphatic carbocycles. The molecule has 3 aromatic rings. The van der Waals surface area contributed by atoms with Crippen LogP contribution in [-0.2, 0) is 0 Å². The summed E-state index contributed by atoms with van der Waals surface area (Å²) in [6, 6.07) is 16.7. The highest BCUT2D eigenvalue weighted by Gasteiger charge is 2.09. The summed E-state index contributed by atoms with van der Waals surface area (Å²) < 4.78 is 26.7. The van der Waals surface area contributed by atoms with Crippen LogP contribution >= 0.6 is 0 Å². The Morgan fingerprint density at radius 3 is 1.41 bits per heavy atom. The van der Waals surface area contributed by atoms with Crippen LogP contribution < -0.4 is 23.7 Å². The molecule has 5 heteroatoms. The van der Waals surface area contributed by atoms with E-state index in [2.05, 4.69) is 23.7 Å². The largest absolute Gasteiger partial charge is 0.497 e. The van der Waals surface area contributed by atoms with Crippen LogP contribution in [0.1, 0.15) is 22.3 Å². The highest BCUT2D eigenvalue weighted by atomic mass is 16.5. The normalized spacial score (nSPS) is 9.53. The summed E-state index contributed by atoms with van der Waals surface area (Å²) in [6.45, 7) is 0. The Balaban J connectivity index is 2.04. The van der Waals surface area contributed by atoms with Gasteiger partial charge in [-0.2, -0.15) is 0 Å². The van der Waals surface area contributed by atoms with Crippen molar-refractivity contribution in [2.24, 2.45) is 0 Å². The second-order valence-corrected chi connectivity index (χ2v) is 6.55. The van der Waals surface area contributed by atoms with Crippen LogP contribution in [0, 0.1) is 23.7 Å². The molecule has 162 valence electrons. The van der Waals surface area contributed by atoms with Gasteiger partial charge >= 0.3 is 0 Å². The Morgan fingerprint density at radius 1 is 0.438 bits per heavy atom. The molecule has 0 fully saturated rings. The van der Waals surface area contributed by atoms with Gasteiger partial charge in [0.1, 0.15) is 5.75 Å². The van der Waals surface area contributed by atoms with Crippen molar-refractivity contribution in [1.29, 1.82) is 0 Å². The van der Waals surface area contributed by atoms with E-state index in [1.54, 1.807) is 35.5 Å². The minimum atomic E-state index is 0.583. The average Bonchev–Trinajstić information content (AvgIpc) is 2.85. The highest BCUT2D eigenvalue weighted by molar-refractivity contribution is 5.61. The van der Waals surface area contributed by atoms with Crippen LogP contribution in [0.2, 0.25) is 0 Å². The first-order valence-corrected chi connectivity index (χ1v) is 9.78. The van der Waals surface area contributed by atoms with Crippen LogP contribution in [0.5, 0.6) is 28.7 Å². The number of ether oxygens (including phenoxy) is 5. The van der Waals surface area contributed by atoms with Gasteiger partial charge in [0.2, 0.25) is 0 Å². The number of hydrogen-bond donors (Lipinski definition) is 0. The SMILES string of the molecule is COc1ccc(C#Cc2cc(OC)c(OC)cc2C#Cc2ccc(OC)c(OC)c2)cc1. The topological polar surface area (TPSA) is 46.2 Å². The van der Waals surface area contributed by atoms with Gasteiger partial charge in [0.25, 0.3) is 0 Å². The summed E-state index contributed by atoms with van der Waals surface area (Å²) in [7, 11) is 8.00. The van der Waals surface area contributed by atoms with Crippen molar-refractivity contribution in [3.8, 4) is 52.4 Å². The molecule has 0 unspecified atom stereocenters. The lowest BCUT2D eigenvalue weighted by Gasteiger charge is -2.09. The smallest absolute Gasteiger partial charge is 0.162 e. The van der Waals surface area contributed by atoms with Crippen molar-refractivity contribution in [1.82, 2.24) is 0 Å². The Hall–Kier alpha value is -4.22. The number of benzene rings is 3. The van der Waals surface area contributed by atoms with E-state index in [1.807, 2.05) is 54.6 Å². The van der Waals surface area contributed by atoms with E-state index in [-0.39, 0.29) is 0 Å². The summed E-state index contributed by atoms with van der Waals surface area (Å²) in [6.07, 6.45) is 0. The quantitative estimate of drug-likeness (QED) is 0.559. The lowest BCUT2D eigenvalue weighted by molar-refractivity contribution is 0.355. The second-order valence-electron chi connectivity index (χ2n) is 6.55. The maximum Gasteiger partial charge on any atom is 0.162 e. The lowest BCUT2D eigenvalue weighted by atomic mass is 10.1. The summed E-state index contributed by atoms with van der Waals surface area (Å²) >= 11 is 0. The predicted molar refractivity (Wildman–Crippen MR) is 124 cm³/mol. The Morgan fingerprint density at radius 2 is 0.906 bits per heavy atom. The fourth-order valence-corrected chi connectivity index (χ4v) is 2.95. The summed E-state index contributed by atoms with van der Waals surface area (Å²) in [5.74, 6) is 15.9. The van der Waals surface area contributed by atoms with Crippen LogP contribution in [0.4, 0.5) is 0 Å². The van der Waals surface area contributed by atoms with Gasteiger partial charge in [-0.15, -0.1) is 0 Å². The fourth-order valence-electron chi connectivity index (χ4n) is 2.95. The summed E-state index contributed by atoms with van der Waals surface area (Å²) in [5, 5.41) is 0. The van der Waals surface area contributed by atoms with Gasteiger partial charge in [-0.05, 0) is 42.5 Å². The van der Waals surface area contributed by atoms with Gasteiger partial charge < -0.3 is 23.7 Å². The van der Waals surface area contributed by atoms with Crippen molar-refractivity contribution < 1.29 is 23.7 Å². The molecular formula is C27H24O5. The fraction of sp³-hybridized carbons (Fsp3) is 0.185. The van der Waals surface area contributed by atoms with Crippen molar-refractivity contribution in [3.63, 3.8) is 0 Å². The molecule has 0 saturated carbocycles. The molecule has 0 bridgehead atoms. The van der Waals surface area contributed by atoms with Crippen LogP contribution in [0.25, 0.3) is 0 Å². The van der Waals surface area contributed by atoms with Crippen LogP contribution in [-0.4, -0.2) is 35.5 Å². The molecule has 3 rings (SSSR count). The number of methoxy groups -OCH3 is 5. The highest BCUT2D eigenvalue weighted by Crippen LogP contribution is 2.30. The molecule has 0 amide bonds. The molecule has 0 aliphatic rings. The molecule has 5 nitrogen and oxygen atoms in total. The van der Waals surface area contributed by atoms with Gasteiger partial charge in [0.15, 0.2) is 23.0 Å². The van der Waals surface area contributed by atoms with Gasteiger partial charge in [-0.1, -0.05) is 23.7 Å². The van der Waals surface area contributed by atoms with E-state index in [1.165, 1.54) is 0 Å². The van der Waals surface area contributed by atoms with Gasteiger partial charge in [-0.25, -0.2) is 0 Å². The first kappa shape index (κ1) is 22.5. The van der Waals surface area contributed by atoms with E-state index < -0.39 is 0 Å². The third-order valence-electron chi connectivity index (χ3n) is 4.68. The molecule has 0 N–H and O–H groups in total. The van der Waals surface area contributed by atoms with Crippen molar-refractivity contribution in [2.75, 3.05) is 35.5 Å². The van der Waals surface area contributed by atoms with Crippen molar-refractivity contribution in [3.05, 3.63) is 76.9 Å².